The Morgan fingerprint density at radius 2 is 1.83 bits per heavy atom. The van der Waals surface area contributed by atoms with Gasteiger partial charge in [0.05, 0.1) is 30.5 Å². The Bertz CT molecular complexity index is 1540. The number of nitrogens with one attached hydrogen (secondary N) is 2. The number of nitrogens with zero attached hydrogens (tertiary/aromatic N) is 6. The number of carboxylic acid groups (broad SMARTS) is 1. The van der Waals surface area contributed by atoms with Gasteiger partial charge in [-0.2, -0.15) is 0 Å². The molecule has 0 bridgehead atoms. The van der Waals surface area contributed by atoms with Crippen molar-refractivity contribution in [2.24, 2.45) is 0 Å². The number of piperazine rings is 1. The quantitative estimate of drug-likeness (QED) is 0.295. The van der Waals surface area contributed by atoms with Gasteiger partial charge >= 0.3 is 6.09 Å². The Morgan fingerprint density at radius 1 is 1.10 bits per heavy atom. The number of amides is 3. The average Bonchev–Trinajstić information content (AvgIpc) is 3.45. The maximum absolute atomic E-state index is 13.7. The lowest BCUT2D eigenvalue weighted by molar-refractivity contribution is 0.0151. The summed E-state index contributed by atoms with van der Waals surface area (Å²) in [5.41, 5.74) is -0.260. The summed E-state index contributed by atoms with van der Waals surface area (Å²) in [6.45, 7) is 4.67. The van der Waals surface area contributed by atoms with E-state index >= 15 is 0 Å². The molecule has 1 unspecified atom stereocenters. The van der Waals surface area contributed by atoms with Crippen LogP contribution in [0.5, 0.6) is 5.75 Å². The second kappa shape index (κ2) is 12.8. The molecule has 42 heavy (non-hydrogen) atoms. The molecule has 1 aliphatic rings. The van der Waals surface area contributed by atoms with Crippen molar-refractivity contribution in [1.82, 2.24) is 35.1 Å². The lowest BCUT2D eigenvalue weighted by Crippen LogP contribution is -2.48. The third-order valence-corrected chi connectivity index (χ3v) is 7.30. The van der Waals surface area contributed by atoms with E-state index < -0.39 is 41.2 Å². The minimum atomic E-state index is -3.34. The van der Waals surface area contributed by atoms with Crippen molar-refractivity contribution in [3.05, 3.63) is 57.7 Å². The molecule has 4 rings (SSSR count). The van der Waals surface area contributed by atoms with Gasteiger partial charge < -0.3 is 25.7 Å². The number of pyridine rings is 1. The first-order valence-electron chi connectivity index (χ1n) is 12.6. The Labute approximate surface area is 242 Å². The van der Waals surface area contributed by atoms with E-state index in [0.717, 1.165) is 23.6 Å². The SMILES string of the molecule is CC(NC(=O)c1cc(C#CCN2CCN(C(=O)O)CC2)ncn1)c1ncc(C(=O)Nc2cc(C(C)(F)F)c(O)cn2)s1. The van der Waals surface area contributed by atoms with E-state index in [-0.39, 0.29) is 16.4 Å². The fourth-order valence-electron chi connectivity index (χ4n) is 3.86. The van der Waals surface area contributed by atoms with Crippen LogP contribution in [0.1, 0.15) is 56.3 Å². The molecule has 220 valence electrons. The molecule has 3 aromatic rings. The summed E-state index contributed by atoms with van der Waals surface area (Å²) in [6.07, 6.45) is 2.40. The molecule has 0 radical (unpaired) electrons. The first-order valence-corrected chi connectivity index (χ1v) is 13.4. The zero-order valence-corrected chi connectivity index (χ0v) is 23.3. The molecule has 4 heterocycles. The van der Waals surface area contributed by atoms with Crippen LogP contribution in [0.25, 0.3) is 0 Å². The molecule has 4 N–H and O–H groups in total. The lowest BCUT2D eigenvalue weighted by atomic mass is 10.1. The number of anilines is 1. The van der Waals surface area contributed by atoms with E-state index in [1.807, 2.05) is 4.90 Å². The highest BCUT2D eigenvalue weighted by Crippen LogP contribution is 2.34. The number of alkyl halides is 2. The number of aromatic nitrogens is 4. The maximum atomic E-state index is 13.7. The van der Waals surface area contributed by atoms with Crippen molar-refractivity contribution in [3.8, 4) is 17.6 Å². The standard InChI is InChI=1S/C26H26F2N8O5S/c1-15(24-30-13-20(42-24)23(39)34-21-11-17(26(2,27)28)19(37)12-29-21)33-22(38)18-10-16(31-14-32-18)4-3-5-35-6-8-36(9-7-35)25(40)41/h10-15,37H,5-9H2,1-2H3,(H,33,38)(H,40,41)(H,29,34,39). The fraction of sp³-hybridized carbons (Fsp3) is 0.346. The van der Waals surface area contributed by atoms with Crippen molar-refractivity contribution in [3.63, 3.8) is 0 Å². The average molecular weight is 601 g/mol. The van der Waals surface area contributed by atoms with Crippen molar-refractivity contribution in [2.45, 2.75) is 25.8 Å². The fourth-order valence-corrected chi connectivity index (χ4v) is 4.68. The summed E-state index contributed by atoms with van der Waals surface area (Å²) in [7, 11) is 0. The predicted octanol–water partition coefficient (Wildman–Crippen LogP) is 2.54. The highest BCUT2D eigenvalue weighted by atomic mass is 32.1. The van der Waals surface area contributed by atoms with E-state index in [0.29, 0.717) is 50.3 Å². The molecule has 16 heteroatoms. The van der Waals surface area contributed by atoms with Gasteiger partial charge in [0.2, 0.25) is 0 Å². The molecule has 1 fully saturated rings. The number of carbonyl (C=O) groups is 3. The van der Waals surface area contributed by atoms with Gasteiger partial charge in [-0.05, 0) is 18.9 Å². The summed E-state index contributed by atoms with van der Waals surface area (Å²) in [4.78, 5) is 56.0. The van der Waals surface area contributed by atoms with Crippen LogP contribution in [-0.2, 0) is 5.92 Å². The molecule has 1 atom stereocenters. The van der Waals surface area contributed by atoms with Crippen LogP contribution in [0.4, 0.5) is 19.4 Å². The van der Waals surface area contributed by atoms with Crippen LogP contribution < -0.4 is 10.6 Å². The molecule has 1 saturated heterocycles. The predicted molar refractivity (Wildman–Crippen MR) is 146 cm³/mol. The molecular weight excluding hydrogens is 574 g/mol. The van der Waals surface area contributed by atoms with Crippen LogP contribution in [0.2, 0.25) is 0 Å². The number of rotatable bonds is 7. The largest absolute Gasteiger partial charge is 0.506 e. The van der Waals surface area contributed by atoms with E-state index in [4.69, 9.17) is 5.11 Å². The Hall–Kier alpha value is -4.75. The summed E-state index contributed by atoms with van der Waals surface area (Å²) in [5, 5.41) is 24.2. The van der Waals surface area contributed by atoms with E-state index in [2.05, 4.69) is 42.4 Å². The van der Waals surface area contributed by atoms with Crippen LogP contribution in [0.15, 0.2) is 30.9 Å². The normalized spacial score (nSPS) is 14.4. The van der Waals surface area contributed by atoms with E-state index in [1.54, 1.807) is 6.92 Å². The van der Waals surface area contributed by atoms with Crippen molar-refractivity contribution >= 4 is 35.1 Å². The zero-order valence-electron chi connectivity index (χ0n) is 22.5. The van der Waals surface area contributed by atoms with Crippen molar-refractivity contribution < 1.29 is 33.4 Å². The van der Waals surface area contributed by atoms with Crippen LogP contribution >= 0.6 is 11.3 Å². The molecule has 0 saturated carbocycles. The molecule has 3 amide bonds. The molecule has 0 aromatic carbocycles. The second-order valence-electron chi connectivity index (χ2n) is 9.32. The molecule has 1 aliphatic heterocycles. The number of hydrogen-bond acceptors (Lipinski definition) is 10. The summed E-state index contributed by atoms with van der Waals surface area (Å²) < 4.78 is 27.4. The minimum Gasteiger partial charge on any atom is -0.506 e. The first-order chi connectivity index (χ1) is 19.9. The highest BCUT2D eigenvalue weighted by Gasteiger charge is 2.29. The summed E-state index contributed by atoms with van der Waals surface area (Å²) in [6, 6.07) is 1.73. The van der Waals surface area contributed by atoms with Crippen LogP contribution in [0, 0.1) is 11.8 Å². The van der Waals surface area contributed by atoms with E-state index in [1.165, 1.54) is 23.5 Å². The Kier molecular flexibility index (Phi) is 9.23. The van der Waals surface area contributed by atoms with Gasteiger partial charge in [-0.3, -0.25) is 14.5 Å². The third kappa shape index (κ3) is 7.71. The summed E-state index contributed by atoms with van der Waals surface area (Å²) in [5.74, 6) is 0.502. The zero-order chi connectivity index (χ0) is 30.4. The lowest BCUT2D eigenvalue weighted by Gasteiger charge is -2.31. The number of halogens is 2. The number of hydrogen-bond donors (Lipinski definition) is 4. The van der Waals surface area contributed by atoms with Gasteiger partial charge in [-0.1, -0.05) is 5.92 Å². The molecule has 0 aliphatic carbocycles. The Balaban J connectivity index is 1.33. The van der Waals surface area contributed by atoms with Gasteiger partial charge in [-0.15, -0.1) is 11.3 Å². The first kappa shape index (κ1) is 30.2. The van der Waals surface area contributed by atoms with Gasteiger partial charge in [0.1, 0.15) is 39.2 Å². The minimum absolute atomic E-state index is 0.0766. The smallest absolute Gasteiger partial charge is 0.407 e. The van der Waals surface area contributed by atoms with Gasteiger partial charge in [-0.25, -0.2) is 33.5 Å². The number of carbonyl (C=O) groups excluding carboxylic acids is 2. The third-order valence-electron chi connectivity index (χ3n) is 6.12. The van der Waals surface area contributed by atoms with Gasteiger partial charge in [0.15, 0.2) is 0 Å². The van der Waals surface area contributed by atoms with Gasteiger partial charge in [0, 0.05) is 39.2 Å². The molecule has 13 nitrogen and oxygen atoms in total. The topological polar surface area (TPSA) is 174 Å². The second-order valence-corrected chi connectivity index (χ2v) is 10.4. The monoisotopic (exact) mass is 600 g/mol. The molecule has 3 aromatic heterocycles. The highest BCUT2D eigenvalue weighted by molar-refractivity contribution is 7.13. The van der Waals surface area contributed by atoms with Crippen LogP contribution in [-0.4, -0.2) is 90.6 Å². The molecule has 0 spiro atoms. The molecular formula is C26H26F2N8O5S. The number of aromatic hydroxyl groups is 1. The summed E-state index contributed by atoms with van der Waals surface area (Å²) >= 11 is 0.989. The van der Waals surface area contributed by atoms with Crippen LogP contribution in [0.3, 0.4) is 0 Å². The van der Waals surface area contributed by atoms with Crippen molar-refractivity contribution in [2.75, 3.05) is 38.0 Å². The van der Waals surface area contributed by atoms with E-state index in [9.17, 15) is 28.3 Å². The number of thiazole rings is 1. The Morgan fingerprint density at radius 3 is 2.52 bits per heavy atom. The van der Waals surface area contributed by atoms with Gasteiger partial charge in [0.25, 0.3) is 17.7 Å². The van der Waals surface area contributed by atoms with Crippen molar-refractivity contribution in [1.29, 1.82) is 0 Å². The maximum Gasteiger partial charge on any atom is 0.407 e.